The molecular weight excluding hydrogens is 266 g/mol. The average Bonchev–Trinajstić information content (AvgIpc) is 2.51. The lowest BCUT2D eigenvalue weighted by atomic mass is 9.88. The lowest BCUT2D eigenvalue weighted by Crippen LogP contribution is -2.25. The van der Waals surface area contributed by atoms with E-state index in [1.165, 1.54) is 6.07 Å². The highest BCUT2D eigenvalue weighted by Crippen LogP contribution is 2.30. The van der Waals surface area contributed by atoms with Gasteiger partial charge in [0.05, 0.1) is 11.4 Å². The maximum Gasteiger partial charge on any atom is 0.210 e. The fourth-order valence-corrected chi connectivity index (χ4v) is 2.36. The summed E-state index contributed by atoms with van der Waals surface area (Å²) in [5, 5.41) is 12.7. The smallest absolute Gasteiger partial charge is 0.210 e. The summed E-state index contributed by atoms with van der Waals surface area (Å²) in [6.45, 7) is 1.61. The molecule has 0 fully saturated rings. The highest BCUT2D eigenvalue weighted by molar-refractivity contribution is 6.27. The fourth-order valence-electron chi connectivity index (χ4n) is 2.36. The summed E-state index contributed by atoms with van der Waals surface area (Å²) in [7, 11) is 0. The number of rotatable bonds is 2. The molecule has 3 rings (SSSR count). The summed E-state index contributed by atoms with van der Waals surface area (Å²) >= 11 is 0. The Balaban J connectivity index is 2.07. The molecule has 4 heteroatoms. The lowest BCUT2D eigenvalue weighted by Gasteiger charge is -2.20. The Morgan fingerprint density at radius 2 is 1.43 bits per heavy atom. The number of nitrogens with one attached hydrogen (secondary N) is 1. The van der Waals surface area contributed by atoms with Gasteiger partial charge in [-0.15, -0.1) is 0 Å². The van der Waals surface area contributed by atoms with Gasteiger partial charge in [-0.3, -0.25) is 9.59 Å². The Labute approximate surface area is 121 Å². The molecule has 0 aliphatic heterocycles. The summed E-state index contributed by atoms with van der Waals surface area (Å²) in [6, 6.07) is 13.3. The highest BCUT2D eigenvalue weighted by Gasteiger charge is 2.29. The molecule has 0 bridgehead atoms. The van der Waals surface area contributed by atoms with Crippen LogP contribution in [-0.2, 0) is 0 Å². The van der Waals surface area contributed by atoms with Crippen LogP contribution in [-0.4, -0.2) is 16.7 Å². The summed E-state index contributed by atoms with van der Waals surface area (Å²) in [5.74, 6) is -0.397. The van der Waals surface area contributed by atoms with Crippen molar-refractivity contribution in [2.75, 3.05) is 5.32 Å². The summed E-state index contributed by atoms with van der Waals surface area (Å²) in [6.07, 6.45) is 0. The first-order valence-electron chi connectivity index (χ1n) is 6.54. The molecule has 104 valence electrons. The molecule has 2 aromatic carbocycles. The van der Waals surface area contributed by atoms with Crippen molar-refractivity contribution in [3.63, 3.8) is 0 Å². The molecule has 1 aliphatic rings. The number of phenols is 1. The lowest BCUT2D eigenvalue weighted by molar-refractivity contribution is 0.0976. The third kappa shape index (κ3) is 2.10. The number of anilines is 1. The molecule has 0 heterocycles. The van der Waals surface area contributed by atoms with Crippen LogP contribution >= 0.6 is 0 Å². The number of carbonyl (C=O) groups excluding carboxylic acids is 2. The minimum atomic E-state index is -0.244. The fraction of sp³-hybridized carbons (Fsp3) is 0.0588. The maximum absolute atomic E-state index is 12.5. The van der Waals surface area contributed by atoms with Crippen LogP contribution in [0.15, 0.2) is 59.8 Å². The van der Waals surface area contributed by atoms with Crippen LogP contribution in [0.4, 0.5) is 5.69 Å². The number of hydrogen-bond donors (Lipinski definition) is 2. The minimum Gasteiger partial charge on any atom is -0.506 e. The molecule has 1 aliphatic carbocycles. The molecular formula is C17H13NO3. The van der Waals surface area contributed by atoms with Crippen LogP contribution in [0.25, 0.3) is 0 Å². The molecule has 0 unspecified atom stereocenters. The largest absolute Gasteiger partial charge is 0.506 e. The topological polar surface area (TPSA) is 66.4 Å². The standard InChI is InChI=1S/C17H13NO3/c1-10-15(18-13-8-4-5-9-14(13)19)17(21)12-7-3-2-6-11(12)16(10)20/h2-9,18-19H,1H3. The normalized spacial score (nSPS) is 14.1. The maximum atomic E-state index is 12.5. The SMILES string of the molecule is CC1=C(Nc2ccccc2O)C(=O)c2ccccc2C1=O. The quantitative estimate of drug-likeness (QED) is 0.829. The molecule has 0 spiro atoms. The Kier molecular flexibility index (Phi) is 3.06. The van der Waals surface area contributed by atoms with Crippen LogP contribution in [0.1, 0.15) is 27.6 Å². The number of para-hydroxylation sites is 2. The molecule has 4 nitrogen and oxygen atoms in total. The van der Waals surface area contributed by atoms with Crippen molar-refractivity contribution >= 4 is 17.3 Å². The van der Waals surface area contributed by atoms with Gasteiger partial charge in [0.2, 0.25) is 5.78 Å². The second kappa shape index (κ2) is 4.90. The van der Waals surface area contributed by atoms with Crippen molar-refractivity contribution in [2.24, 2.45) is 0 Å². The molecule has 21 heavy (non-hydrogen) atoms. The predicted molar refractivity (Wildman–Crippen MR) is 79.5 cm³/mol. The van der Waals surface area contributed by atoms with Gasteiger partial charge in [0.25, 0.3) is 0 Å². The average molecular weight is 279 g/mol. The number of carbonyl (C=O) groups is 2. The third-order valence-electron chi connectivity index (χ3n) is 3.52. The number of phenolic OH excluding ortho intramolecular Hbond substituents is 1. The summed E-state index contributed by atoms with van der Waals surface area (Å²) < 4.78 is 0. The van der Waals surface area contributed by atoms with E-state index >= 15 is 0 Å². The van der Waals surface area contributed by atoms with Crippen LogP contribution in [0.5, 0.6) is 5.75 Å². The number of Topliss-reactive ketones (excluding diaryl/α,β-unsaturated/α-hetero) is 2. The van der Waals surface area contributed by atoms with Gasteiger partial charge >= 0.3 is 0 Å². The first kappa shape index (κ1) is 13.1. The minimum absolute atomic E-state index is 0.0249. The molecule has 0 saturated carbocycles. The van der Waals surface area contributed by atoms with E-state index in [1.807, 2.05) is 0 Å². The second-order valence-corrected chi connectivity index (χ2v) is 4.85. The zero-order valence-electron chi connectivity index (χ0n) is 11.4. The number of benzene rings is 2. The van der Waals surface area contributed by atoms with Gasteiger partial charge in [0, 0.05) is 16.7 Å². The van der Waals surface area contributed by atoms with Crippen molar-refractivity contribution in [3.05, 3.63) is 70.9 Å². The molecule has 0 amide bonds. The first-order valence-corrected chi connectivity index (χ1v) is 6.54. The Morgan fingerprint density at radius 3 is 2.10 bits per heavy atom. The van der Waals surface area contributed by atoms with Crippen LogP contribution in [0, 0.1) is 0 Å². The van der Waals surface area contributed by atoms with Gasteiger partial charge in [-0.05, 0) is 19.1 Å². The van der Waals surface area contributed by atoms with Gasteiger partial charge in [0.15, 0.2) is 5.78 Å². The number of fused-ring (bicyclic) bond motifs is 1. The molecule has 0 aromatic heterocycles. The molecule has 2 aromatic rings. The van der Waals surface area contributed by atoms with Crippen molar-refractivity contribution in [2.45, 2.75) is 6.92 Å². The van der Waals surface area contributed by atoms with E-state index in [0.717, 1.165) is 0 Å². The molecule has 2 N–H and O–H groups in total. The van der Waals surface area contributed by atoms with E-state index in [4.69, 9.17) is 0 Å². The number of ketones is 2. The first-order chi connectivity index (χ1) is 10.1. The Morgan fingerprint density at radius 1 is 0.857 bits per heavy atom. The van der Waals surface area contributed by atoms with Crippen molar-refractivity contribution in [3.8, 4) is 5.75 Å². The van der Waals surface area contributed by atoms with Crippen molar-refractivity contribution in [1.29, 1.82) is 0 Å². The van der Waals surface area contributed by atoms with E-state index < -0.39 is 0 Å². The van der Waals surface area contributed by atoms with E-state index in [0.29, 0.717) is 22.4 Å². The van der Waals surface area contributed by atoms with E-state index in [9.17, 15) is 14.7 Å². The van der Waals surface area contributed by atoms with Gasteiger partial charge in [-0.2, -0.15) is 0 Å². The van der Waals surface area contributed by atoms with Crippen molar-refractivity contribution in [1.82, 2.24) is 0 Å². The van der Waals surface area contributed by atoms with Crippen molar-refractivity contribution < 1.29 is 14.7 Å². The zero-order valence-corrected chi connectivity index (χ0v) is 11.4. The molecule has 0 atom stereocenters. The highest BCUT2D eigenvalue weighted by atomic mass is 16.3. The van der Waals surface area contributed by atoms with E-state index in [2.05, 4.69) is 5.32 Å². The monoisotopic (exact) mass is 279 g/mol. The molecule has 0 saturated heterocycles. The van der Waals surface area contributed by atoms with E-state index in [1.54, 1.807) is 49.4 Å². The number of allylic oxidation sites excluding steroid dienone is 2. The van der Waals surface area contributed by atoms with Crippen LogP contribution < -0.4 is 5.32 Å². The summed E-state index contributed by atoms with van der Waals surface area (Å²) in [5.41, 5.74) is 1.75. The Bertz CT molecular complexity index is 790. The predicted octanol–water partition coefficient (Wildman–Crippen LogP) is 3.16. The van der Waals surface area contributed by atoms with Gasteiger partial charge < -0.3 is 10.4 Å². The second-order valence-electron chi connectivity index (χ2n) is 4.85. The van der Waals surface area contributed by atoms with Gasteiger partial charge in [-0.1, -0.05) is 36.4 Å². The van der Waals surface area contributed by atoms with Gasteiger partial charge in [-0.25, -0.2) is 0 Å². The third-order valence-corrected chi connectivity index (χ3v) is 3.52. The van der Waals surface area contributed by atoms with Gasteiger partial charge in [0.1, 0.15) is 5.75 Å². The Hall–Kier alpha value is -2.88. The van der Waals surface area contributed by atoms with E-state index in [-0.39, 0.29) is 23.0 Å². The van der Waals surface area contributed by atoms with Crippen LogP contribution in [0.3, 0.4) is 0 Å². The van der Waals surface area contributed by atoms with Crippen LogP contribution in [0.2, 0.25) is 0 Å². The zero-order chi connectivity index (χ0) is 15.0. The molecule has 0 radical (unpaired) electrons. The number of aromatic hydroxyl groups is 1. The summed E-state index contributed by atoms with van der Waals surface area (Å²) in [4.78, 5) is 24.9. The number of hydrogen-bond acceptors (Lipinski definition) is 4.